The van der Waals surface area contributed by atoms with Crippen molar-refractivity contribution in [2.75, 3.05) is 26.3 Å². The van der Waals surface area contributed by atoms with Crippen LogP contribution in [0.5, 0.6) is 0 Å². The van der Waals surface area contributed by atoms with Crippen LogP contribution >= 0.6 is 0 Å². The van der Waals surface area contributed by atoms with E-state index in [-0.39, 0.29) is 11.7 Å². The lowest BCUT2D eigenvalue weighted by atomic mass is 10.1. The van der Waals surface area contributed by atoms with Gasteiger partial charge in [0.05, 0.1) is 13.2 Å². The monoisotopic (exact) mass is 309 g/mol. The Labute approximate surface area is 132 Å². The van der Waals surface area contributed by atoms with E-state index in [4.69, 9.17) is 9.47 Å². The molecule has 2 rings (SSSR count). The van der Waals surface area contributed by atoms with Crippen LogP contribution in [0.2, 0.25) is 0 Å². The lowest BCUT2D eigenvalue weighted by molar-refractivity contribution is -0.136. The van der Waals surface area contributed by atoms with Crippen molar-refractivity contribution in [1.29, 1.82) is 0 Å². The van der Waals surface area contributed by atoms with E-state index in [1.807, 2.05) is 0 Å². The van der Waals surface area contributed by atoms with Crippen LogP contribution in [0.3, 0.4) is 0 Å². The molecule has 2 saturated heterocycles. The average molecular weight is 309 g/mol. The van der Waals surface area contributed by atoms with Crippen molar-refractivity contribution in [3.8, 4) is 0 Å². The predicted octanol–water partition coefficient (Wildman–Crippen LogP) is 2.10. The highest BCUT2D eigenvalue weighted by atomic mass is 16.6. The van der Waals surface area contributed by atoms with E-state index in [0.29, 0.717) is 32.7 Å². The van der Waals surface area contributed by atoms with Gasteiger partial charge in [0.2, 0.25) is 0 Å². The summed E-state index contributed by atoms with van der Waals surface area (Å²) in [6.45, 7) is 4.52. The molecule has 0 aromatic carbocycles. The highest BCUT2D eigenvalue weighted by Gasteiger charge is 2.50. The molecule has 0 bridgehead atoms. The summed E-state index contributed by atoms with van der Waals surface area (Å²) in [6.07, 6.45) is 9.13. The third-order valence-corrected chi connectivity index (χ3v) is 4.07. The molecule has 0 N–H and O–H groups in total. The van der Waals surface area contributed by atoms with Crippen molar-refractivity contribution in [3.05, 3.63) is 12.2 Å². The summed E-state index contributed by atoms with van der Waals surface area (Å²) in [5.74, 6) is -0.0124. The van der Waals surface area contributed by atoms with Gasteiger partial charge in [0, 0.05) is 19.5 Å². The second kappa shape index (κ2) is 9.06. The zero-order chi connectivity index (χ0) is 15.8. The maximum atomic E-state index is 12.1. The number of unbranched alkanes of at least 4 members (excludes halogenated alkanes) is 3. The minimum absolute atomic E-state index is 0.0461. The molecule has 5 nitrogen and oxygen atoms in total. The molecule has 124 valence electrons. The molecule has 1 amide bonds. The number of hydrogen-bond acceptors (Lipinski definition) is 4. The van der Waals surface area contributed by atoms with Crippen molar-refractivity contribution < 1.29 is 19.1 Å². The SMILES string of the molecule is CCCCC/C=C/CCC(=O)[C@H]1O[C@H]1C(=O)N1CCOCC1. The van der Waals surface area contributed by atoms with E-state index < -0.39 is 12.2 Å². The van der Waals surface area contributed by atoms with E-state index in [2.05, 4.69) is 19.1 Å². The standard InChI is InChI=1S/C17H27NO4/c1-2-3-4-5-6-7-8-9-14(19)15-16(22-15)17(20)18-10-12-21-13-11-18/h6-7,15-16H,2-5,8-13H2,1H3/b7-6+/t15-,16-/m1/s1. The van der Waals surface area contributed by atoms with Gasteiger partial charge in [-0.15, -0.1) is 0 Å². The molecule has 2 heterocycles. The van der Waals surface area contributed by atoms with Crippen LogP contribution in [0.25, 0.3) is 0 Å². The first-order chi connectivity index (χ1) is 10.7. The molecule has 2 aliphatic rings. The van der Waals surface area contributed by atoms with Crippen LogP contribution in [0, 0.1) is 0 Å². The number of carbonyl (C=O) groups is 2. The van der Waals surface area contributed by atoms with E-state index in [1.165, 1.54) is 19.3 Å². The summed E-state index contributed by atoms with van der Waals surface area (Å²) < 4.78 is 10.5. The van der Waals surface area contributed by atoms with Gasteiger partial charge >= 0.3 is 0 Å². The Kier molecular flexibility index (Phi) is 7.06. The van der Waals surface area contributed by atoms with Crippen LogP contribution in [0.4, 0.5) is 0 Å². The first-order valence-electron chi connectivity index (χ1n) is 8.43. The highest BCUT2D eigenvalue weighted by molar-refractivity contribution is 5.96. The van der Waals surface area contributed by atoms with Crippen LogP contribution in [-0.2, 0) is 19.1 Å². The van der Waals surface area contributed by atoms with Crippen LogP contribution in [0.15, 0.2) is 12.2 Å². The van der Waals surface area contributed by atoms with E-state index >= 15 is 0 Å². The van der Waals surface area contributed by atoms with Crippen molar-refractivity contribution in [2.45, 2.75) is 57.7 Å². The summed E-state index contributed by atoms with van der Waals surface area (Å²) in [7, 11) is 0. The van der Waals surface area contributed by atoms with Gasteiger partial charge in [-0.1, -0.05) is 31.9 Å². The topological polar surface area (TPSA) is 59.1 Å². The molecule has 0 spiro atoms. The number of morpholine rings is 1. The molecule has 5 heteroatoms. The van der Waals surface area contributed by atoms with E-state index in [0.717, 1.165) is 12.8 Å². The molecule has 22 heavy (non-hydrogen) atoms. The molecule has 0 aliphatic carbocycles. The Morgan fingerprint density at radius 3 is 2.55 bits per heavy atom. The molecule has 0 unspecified atom stereocenters. The molecule has 0 aromatic heterocycles. The fourth-order valence-corrected chi connectivity index (χ4v) is 2.62. The first-order valence-corrected chi connectivity index (χ1v) is 8.43. The van der Waals surface area contributed by atoms with Crippen molar-refractivity contribution in [3.63, 3.8) is 0 Å². The normalized spacial score (nSPS) is 24.7. The third kappa shape index (κ3) is 5.21. The summed E-state index contributed by atoms with van der Waals surface area (Å²) in [5.41, 5.74) is 0. The van der Waals surface area contributed by atoms with Crippen molar-refractivity contribution in [2.24, 2.45) is 0 Å². The van der Waals surface area contributed by atoms with Gasteiger partial charge in [-0.05, 0) is 19.3 Å². The number of epoxide rings is 1. The average Bonchev–Trinajstić information content (AvgIpc) is 3.34. The number of Topliss-reactive ketones (excluding diaryl/α,β-unsaturated/α-hetero) is 1. The molecule has 2 aliphatic heterocycles. The Morgan fingerprint density at radius 1 is 1.09 bits per heavy atom. The van der Waals surface area contributed by atoms with E-state index in [9.17, 15) is 9.59 Å². The molecular formula is C17H27NO4. The third-order valence-electron chi connectivity index (χ3n) is 4.07. The second-order valence-corrected chi connectivity index (χ2v) is 5.89. The largest absolute Gasteiger partial charge is 0.378 e. The van der Waals surface area contributed by atoms with E-state index in [1.54, 1.807) is 4.90 Å². The fourth-order valence-electron chi connectivity index (χ4n) is 2.62. The Balaban J connectivity index is 1.60. The molecule has 2 atom stereocenters. The molecule has 2 fully saturated rings. The number of ether oxygens (including phenoxy) is 2. The summed E-state index contributed by atoms with van der Waals surface area (Å²) >= 11 is 0. The van der Waals surface area contributed by atoms with Gasteiger partial charge in [0.15, 0.2) is 18.0 Å². The Hall–Kier alpha value is -1.20. The summed E-state index contributed by atoms with van der Waals surface area (Å²) in [5, 5.41) is 0. The Morgan fingerprint density at radius 2 is 1.82 bits per heavy atom. The van der Waals surface area contributed by atoms with Crippen LogP contribution < -0.4 is 0 Å². The highest BCUT2D eigenvalue weighted by Crippen LogP contribution is 2.27. The summed E-state index contributed by atoms with van der Waals surface area (Å²) in [4.78, 5) is 25.8. The number of nitrogens with zero attached hydrogens (tertiary/aromatic N) is 1. The number of amides is 1. The molecular weight excluding hydrogens is 282 g/mol. The first kappa shape index (κ1) is 17.2. The van der Waals surface area contributed by atoms with Crippen LogP contribution in [-0.4, -0.2) is 55.1 Å². The smallest absolute Gasteiger partial charge is 0.255 e. The lowest BCUT2D eigenvalue weighted by Gasteiger charge is -2.26. The number of hydrogen-bond donors (Lipinski definition) is 0. The zero-order valence-electron chi connectivity index (χ0n) is 13.5. The second-order valence-electron chi connectivity index (χ2n) is 5.89. The number of rotatable bonds is 9. The molecule has 0 aromatic rings. The van der Waals surface area contributed by atoms with Gasteiger partial charge in [-0.3, -0.25) is 9.59 Å². The lowest BCUT2D eigenvalue weighted by Crippen LogP contribution is -2.43. The van der Waals surface area contributed by atoms with Gasteiger partial charge in [0.1, 0.15) is 0 Å². The maximum Gasteiger partial charge on any atom is 0.255 e. The summed E-state index contributed by atoms with van der Waals surface area (Å²) in [6, 6.07) is 0. The van der Waals surface area contributed by atoms with Gasteiger partial charge in [-0.2, -0.15) is 0 Å². The predicted molar refractivity (Wildman–Crippen MR) is 83.6 cm³/mol. The van der Waals surface area contributed by atoms with Crippen molar-refractivity contribution >= 4 is 11.7 Å². The van der Waals surface area contributed by atoms with Crippen molar-refractivity contribution in [1.82, 2.24) is 4.90 Å². The minimum Gasteiger partial charge on any atom is -0.378 e. The maximum absolute atomic E-state index is 12.1. The molecule has 0 radical (unpaired) electrons. The number of allylic oxidation sites excluding steroid dienone is 2. The van der Waals surface area contributed by atoms with Gasteiger partial charge in [0.25, 0.3) is 5.91 Å². The fraction of sp³-hybridized carbons (Fsp3) is 0.765. The van der Waals surface area contributed by atoms with Gasteiger partial charge < -0.3 is 14.4 Å². The minimum atomic E-state index is -0.542. The Bertz CT molecular complexity index is 401. The number of carbonyl (C=O) groups excluding carboxylic acids is 2. The quantitative estimate of drug-likeness (QED) is 0.372. The number of ketones is 1. The molecule has 0 saturated carbocycles. The van der Waals surface area contributed by atoms with Crippen LogP contribution in [0.1, 0.15) is 45.4 Å². The zero-order valence-corrected chi connectivity index (χ0v) is 13.5. The van der Waals surface area contributed by atoms with Gasteiger partial charge in [-0.25, -0.2) is 0 Å².